The Morgan fingerprint density at radius 2 is 1.97 bits per heavy atom. The largest absolute Gasteiger partial charge is 0.488 e. The smallest absolute Gasteiger partial charge is 0.261 e. The van der Waals surface area contributed by atoms with Crippen molar-refractivity contribution in [1.82, 2.24) is 5.32 Å². The number of benzene rings is 3. The van der Waals surface area contributed by atoms with Gasteiger partial charge < -0.3 is 14.8 Å². The Kier molecular flexibility index (Phi) is 8.22. The van der Waals surface area contributed by atoms with E-state index in [1.54, 1.807) is 13.2 Å². The molecule has 0 unspecified atom stereocenters. The van der Waals surface area contributed by atoms with Crippen molar-refractivity contribution in [2.45, 2.75) is 13.0 Å². The van der Waals surface area contributed by atoms with Gasteiger partial charge in [-0.2, -0.15) is 5.26 Å². The molecule has 0 saturated carbocycles. The third kappa shape index (κ3) is 6.17. The molecule has 5 nitrogen and oxygen atoms in total. The molecule has 0 aliphatic carbocycles. The van der Waals surface area contributed by atoms with Crippen LogP contribution in [0.15, 0.2) is 70.7 Å². The highest BCUT2D eigenvalue weighted by molar-refractivity contribution is 9.10. The molecule has 0 saturated heterocycles. The van der Waals surface area contributed by atoms with E-state index in [0.717, 1.165) is 21.0 Å². The molecular formula is C25H23BrN2O3. The van der Waals surface area contributed by atoms with Crippen LogP contribution < -0.4 is 10.1 Å². The van der Waals surface area contributed by atoms with Crippen molar-refractivity contribution in [2.24, 2.45) is 0 Å². The number of nitriles is 1. The summed E-state index contributed by atoms with van der Waals surface area (Å²) in [5.41, 5.74) is 1.88. The molecular weight excluding hydrogens is 456 g/mol. The molecule has 1 amide bonds. The van der Waals surface area contributed by atoms with Crippen molar-refractivity contribution in [2.75, 3.05) is 20.3 Å². The van der Waals surface area contributed by atoms with Crippen LogP contribution in [0.2, 0.25) is 0 Å². The van der Waals surface area contributed by atoms with E-state index < -0.39 is 5.91 Å². The molecule has 3 aromatic carbocycles. The van der Waals surface area contributed by atoms with Crippen molar-refractivity contribution in [3.63, 3.8) is 0 Å². The second-order valence-corrected chi connectivity index (χ2v) is 7.74. The second kappa shape index (κ2) is 11.3. The Hall–Kier alpha value is -3.14. The molecule has 0 atom stereocenters. The lowest BCUT2D eigenvalue weighted by atomic mass is 10.1. The number of ether oxygens (including phenoxy) is 2. The zero-order valence-corrected chi connectivity index (χ0v) is 18.8. The lowest BCUT2D eigenvalue weighted by molar-refractivity contribution is -0.117. The molecule has 3 rings (SSSR count). The van der Waals surface area contributed by atoms with Crippen LogP contribution in [0.3, 0.4) is 0 Å². The number of hydrogen-bond acceptors (Lipinski definition) is 4. The summed E-state index contributed by atoms with van der Waals surface area (Å²) in [7, 11) is 1.61. The number of methoxy groups -OCH3 is 1. The normalized spacial score (nSPS) is 11.2. The number of nitrogens with one attached hydrogen (secondary N) is 1. The summed E-state index contributed by atoms with van der Waals surface area (Å²) in [4.78, 5) is 12.2. The minimum Gasteiger partial charge on any atom is -0.488 e. The molecule has 6 heteroatoms. The van der Waals surface area contributed by atoms with Crippen LogP contribution in [0, 0.1) is 11.3 Å². The van der Waals surface area contributed by atoms with Gasteiger partial charge in [0.15, 0.2) is 0 Å². The Bertz CT molecular complexity index is 1130. The number of hydrogen-bond donors (Lipinski definition) is 1. The molecule has 0 aliphatic heterocycles. The van der Waals surface area contributed by atoms with Crippen LogP contribution in [0.1, 0.15) is 17.5 Å². The van der Waals surface area contributed by atoms with Crippen LogP contribution in [0.25, 0.3) is 16.8 Å². The first kappa shape index (κ1) is 22.5. The zero-order chi connectivity index (χ0) is 22.1. The van der Waals surface area contributed by atoms with Gasteiger partial charge in [-0.25, -0.2) is 0 Å². The van der Waals surface area contributed by atoms with Crippen LogP contribution in [0.5, 0.6) is 5.75 Å². The topological polar surface area (TPSA) is 71.3 Å². The lowest BCUT2D eigenvalue weighted by Gasteiger charge is -2.11. The van der Waals surface area contributed by atoms with Gasteiger partial charge in [0, 0.05) is 20.3 Å². The first-order chi connectivity index (χ1) is 15.1. The highest BCUT2D eigenvalue weighted by Gasteiger charge is 2.10. The number of carbonyl (C=O) groups excluding carboxylic acids is 1. The number of fused-ring (bicyclic) bond motifs is 1. The predicted molar refractivity (Wildman–Crippen MR) is 126 cm³/mol. The van der Waals surface area contributed by atoms with Crippen LogP contribution >= 0.6 is 15.9 Å². The van der Waals surface area contributed by atoms with Gasteiger partial charge in [-0.15, -0.1) is 0 Å². The summed E-state index contributed by atoms with van der Waals surface area (Å²) in [5.74, 6) is 0.290. The number of nitrogens with zero attached hydrogens (tertiary/aromatic N) is 1. The SMILES string of the molecule is COCCCNC(=O)/C(C#N)=C/c1ccc(OCc2cccc3ccccc23)c(Br)c1. The summed E-state index contributed by atoms with van der Waals surface area (Å²) >= 11 is 3.53. The maximum absolute atomic E-state index is 12.2. The lowest BCUT2D eigenvalue weighted by Crippen LogP contribution is -2.26. The van der Waals surface area contributed by atoms with Crippen molar-refractivity contribution in [3.8, 4) is 11.8 Å². The maximum atomic E-state index is 12.2. The number of amides is 1. The van der Waals surface area contributed by atoms with E-state index in [0.29, 0.717) is 31.9 Å². The number of rotatable bonds is 9. The van der Waals surface area contributed by atoms with Crippen molar-refractivity contribution in [1.29, 1.82) is 5.26 Å². The van der Waals surface area contributed by atoms with Crippen molar-refractivity contribution < 1.29 is 14.3 Å². The van der Waals surface area contributed by atoms with Gasteiger partial charge in [0.25, 0.3) is 5.91 Å². The van der Waals surface area contributed by atoms with Gasteiger partial charge in [-0.05, 0) is 62.5 Å². The highest BCUT2D eigenvalue weighted by atomic mass is 79.9. The highest BCUT2D eigenvalue weighted by Crippen LogP contribution is 2.28. The summed E-state index contributed by atoms with van der Waals surface area (Å²) < 4.78 is 11.7. The van der Waals surface area contributed by atoms with Crippen LogP contribution in [-0.2, 0) is 16.1 Å². The quantitative estimate of drug-likeness (QED) is 0.259. The van der Waals surface area contributed by atoms with E-state index >= 15 is 0 Å². The first-order valence-corrected chi connectivity index (χ1v) is 10.7. The van der Waals surface area contributed by atoms with Gasteiger partial charge >= 0.3 is 0 Å². The van der Waals surface area contributed by atoms with Crippen molar-refractivity contribution >= 4 is 38.7 Å². The monoisotopic (exact) mass is 478 g/mol. The standard InChI is InChI=1S/C25H23BrN2O3/c1-30-13-5-12-28-25(29)21(16-27)14-18-10-11-24(23(26)15-18)31-17-20-8-4-7-19-6-2-3-9-22(19)20/h2-4,6-11,14-15H,5,12-13,17H2,1H3,(H,28,29)/b21-14+. The Morgan fingerprint density at radius 1 is 1.16 bits per heavy atom. The third-order valence-corrected chi connectivity index (χ3v) is 5.33. The van der Waals surface area contributed by atoms with Gasteiger partial charge in [-0.3, -0.25) is 4.79 Å². The fourth-order valence-electron chi connectivity index (χ4n) is 3.13. The molecule has 31 heavy (non-hydrogen) atoms. The van der Waals surface area contributed by atoms with Crippen LogP contribution in [0.4, 0.5) is 0 Å². The fourth-order valence-corrected chi connectivity index (χ4v) is 3.64. The van der Waals surface area contributed by atoms with Crippen molar-refractivity contribution in [3.05, 3.63) is 81.8 Å². The molecule has 0 radical (unpaired) electrons. The zero-order valence-electron chi connectivity index (χ0n) is 17.2. The molecule has 158 valence electrons. The van der Waals surface area contributed by atoms with E-state index in [9.17, 15) is 10.1 Å². The number of halogens is 1. The maximum Gasteiger partial charge on any atom is 0.261 e. The number of carbonyl (C=O) groups is 1. The minimum atomic E-state index is -0.397. The van der Waals surface area contributed by atoms with E-state index in [1.165, 1.54) is 5.39 Å². The summed E-state index contributed by atoms with van der Waals surface area (Å²) in [6.45, 7) is 1.44. The van der Waals surface area contributed by atoms with E-state index in [4.69, 9.17) is 9.47 Å². The van der Waals surface area contributed by atoms with E-state index in [2.05, 4.69) is 45.5 Å². The second-order valence-electron chi connectivity index (χ2n) is 6.89. The molecule has 0 aliphatic rings. The third-order valence-electron chi connectivity index (χ3n) is 4.71. The van der Waals surface area contributed by atoms with Crippen LogP contribution in [-0.4, -0.2) is 26.2 Å². The summed E-state index contributed by atoms with van der Waals surface area (Å²) in [6.07, 6.45) is 2.25. The summed E-state index contributed by atoms with van der Waals surface area (Å²) in [5, 5.41) is 14.4. The minimum absolute atomic E-state index is 0.0498. The molecule has 0 fully saturated rings. The van der Waals surface area contributed by atoms with E-state index in [-0.39, 0.29) is 5.57 Å². The average molecular weight is 479 g/mol. The molecule has 0 aromatic heterocycles. The molecule has 0 heterocycles. The predicted octanol–water partition coefficient (Wildman–Crippen LogP) is 5.24. The Labute approximate surface area is 190 Å². The molecule has 0 spiro atoms. The van der Waals surface area contributed by atoms with Gasteiger partial charge in [0.2, 0.25) is 0 Å². The molecule has 0 bridgehead atoms. The first-order valence-electron chi connectivity index (χ1n) is 9.90. The fraction of sp³-hybridized carbons (Fsp3) is 0.200. The Morgan fingerprint density at radius 3 is 2.74 bits per heavy atom. The summed E-state index contributed by atoms with van der Waals surface area (Å²) in [6, 6.07) is 21.8. The average Bonchev–Trinajstić information content (AvgIpc) is 2.79. The van der Waals surface area contributed by atoms with E-state index in [1.807, 2.05) is 42.5 Å². The molecule has 1 N–H and O–H groups in total. The Balaban J connectivity index is 1.68. The van der Waals surface area contributed by atoms with Gasteiger partial charge in [0.1, 0.15) is 24.0 Å². The van der Waals surface area contributed by atoms with Gasteiger partial charge in [0.05, 0.1) is 4.47 Å². The van der Waals surface area contributed by atoms with Gasteiger partial charge in [-0.1, -0.05) is 48.5 Å². The molecule has 3 aromatic rings.